The molecule has 1 radical (unpaired) electrons. The first-order valence-electron chi connectivity index (χ1n) is 15.0. The summed E-state index contributed by atoms with van der Waals surface area (Å²) in [4.78, 5) is 16.2. The summed E-state index contributed by atoms with van der Waals surface area (Å²) in [7, 11) is 0. The summed E-state index contributed by atoms with van der Waals surface area (Å²) in [6, 6.07) is 27.5. The van der Waals surface area contributed by atoms with Crippen molar-refractivity contribution in [3.63, 3.8) is 0 Å². The number of para-hydroxylation sites is 2. The first-order valence-corrected chi connectivity index (χ1v) is 15.0. The second kappa shape index (κ2) is 14.7. The van der Waals surface area contributed by atoms with E-state index in [1.165, 1.54) is 6.08 Å². The van der Waals surface area contributed by atoms with E-state index in [0.717, 1.165) is 76.3 Å². The summed E-state index contributed by atoms with van der Waals surface area (Å²) in [5.41, 5.74) is 5.05. The van der Waals surface area contributed by atoms with E-state index in [2.05, 4.69) is 35.3 Å². The van der Waals surface area contributed by atoms with E-state index >= 15 is 0 Å². The average Bonchev–Trinajstić information content (AvgIpc) is 3.03. The van der Waals surface area contributed by atoms with Gasteiger partial charge in [-0.15, -0.1) is 12.1 Å². The molecule has 3 aromatic carbocycles. The molecule has 0 spiro atoms. The number of ether oxygens (including phenoxy) is 2. The third-order valence-electron chi connectivity index (χ3n) is 8.27. The van der Waals surface area contributed by atoms with E-state index in [1.54, 1.807) is 6.20 Å². The van der Waals surface area contributed by atoms with Gasteiger partial charge in [-0.3, -0.25) is 4.79 Å². The maximum absolute atomic E-state index is 11.7. The van der Waals surface area contributed by atoms with Crippen molar-refractivity contribution in [3.05, 3.63) is 96.9 Å². The van der Waals surface area contributed by atoms with E-state index < -0.39 is 0 Å². The van der Waals surface area contributed by atoms with Crippen molar-refractivity contribution in [1.29, 1.82) is 0 Å². The predicted molar refractivity (Wildman–Crippen MR) is 170 cm³/mol. The number of hydrogen-bond acceptors (Lipinski definition) is 5. The number of fused-ring (bicyclic) bond motifs is 4. The molecule has 0 unspecified atom stereocenters. The van der Waals surface area contributed by atoms with Crippen LogP contribution >= 0.6 is 0 Å². The Morgan fingerprint density at radius 1 is 0.837 bits per heavy atom. The van der Waals surface area contributed by atoms with Crippen LogP contribution in [0, 0.1) is 17.9 Å². The first kappa shape index (κ1) is 32.3. The standard InChI is InChI=1S/C23H13BNO2.C13H24O2.Ir/c1-3-10-19-16(7-1)24-17-8-2-4-11-20(17)27-23-15(18-9-5-6-14-25-18)12-13-21(26-19)22(23)24;1-5-10(6-2)12(14)9-13(15)11(7-3)8-4;/h1-11,13-14H;9-11,14H,5-8H2,1-4H3;/q-1;;/b;12-9-;. The van der Waals surface area contributed by atoms with Crippen LogP contribution in [-0.2, 0) is 24.9 Å². The molecule has 6 rings (SSSR count). The summed E-state index contributed by atoms with van der Waals surface area (Å²) in [5.74, 6) is 3.88. The second-order valence-corrected chi connectivity index (χ2v) is 10.7. The van der Waals surface area contributed by atoms with Crippen LogP contribution in [0.15, 0.2) is 90.8 Å². The maximum atomic E-state index is 11.7. The topological polar surface area (TPSA) is 68.7 Å². The van der Waals surface area contributed by atoms with Crippen molar-refractivity contribution >= 4 is 28.9 Å². The minimum absolute atomic E-state index is 0. The molecule has 3 heterocycles. The van der Waals surface area contributed by atoms with Gasteiger partial charge in [0.25, 0.3) is 0 Å². The number of pyridine rings is 1. The van der Waals surface area contributed by atoms with E-state index in [1.807, 2.05) is 76.2 Å². The van der Waals surface area contributed by atoms with Crippen LogP contribution in [-0.4, -0.2) is 22.6 Å². The van der Waals surface area contributed by atoms with Crippen molar-refractivity contribution < 1.29 is 39.5 Å². The van der Waals surface area contributed by atoms with Crippen LogP contribution in [0.1, 0.15) is 53.4 Å². The van der Waals surface area contributed by atoms with Gasteiger partial charge in [0.2, 0.25) is 6.71 Å². The molecule has 0 bridgehead atoms. The number of aromatic nitrogens is 1. The third kappa shape index (κ3) is 6.64. The van der Waals surface area contributed by atoms with Gasteiger partial charge in [-0.25, -0.2) is 0 Å². The molecule has 4 aromatic rings. The summed E-state index contributed by atoms with van der Waals surface area (Å²) in [6.45, 7) is 8.14. The minimum atomic E-state index is 0. The fourth-order valence-corrected chi connectivity index (χ4v) is 5.80. The fourth-order valence-electron chi connectivity index (χ4n) is 5.80. The Morgan fingerprint density at radius 2 is 1.42 bits per heavy atom. The average molecular weight is 751 g/mol. The van der Waals surface area contributed by atoms with Gasteiger partial charge in [-0.05, 0) is 60.5 Å². The number of ketones is 1. The van der Waals surface area contributed by atoms with Gasteiger partial charge >= 0.3 is 0 Å². The Labute approximate surface area is 268 Å². The molecule has 0 saturated carbocycles. The molecule has 0 amide bonds. The smallest absolute Gasteiger partial charge is 0.239 e. The second-order valence-electron chi connectivity index (χ2n) is 10.7. The van der Waals surface area contributed by atoms with E-state index in [4.69, 9.17) is 9.47 Å². The van der Waals surface area contributed by atoms with E-state index in [-0.39, 0.29) is 50.2 Å². The number of carbonyl (C=O) groups excluding carboxylic acids is 1. The Balaban J connectivity index is 0.000000230. The molecule has 1 N–H and O–H groups in total. The summed E-state index contributed by atoms with van der Waals surface area (Å²) in [5, 5.41) is 9.76. The minimum Gasteiger partial charge on any atom is -0.512 e. The summed E-state index contributed by atoms with van der Waals surface area (Å²) in [6.07, 6.45) is 6.69. The maximum Gasteiger partial charge on any atom is 0.239 e. The first-order chi connectivity index (χ1) is 20.5. The normalized spacial score (nSPS) is 12.5. The molecule has 223 valence electrons. The zero-order chi connectivity index (χ0) is 29.6. The van der Waals surface area contributed by atoms with Crippen LogP contribution in [0.3, 0.4) is 0 Å². The van der Waals surface area contributed by atoms with Crippen molar-refractivity contribution in [2.75, 3.05) is 0 Å². The molecule has 0 aliphatic carbocycles. The molecule has 0 atom stereocenters. The number of benzene rings is 3. The number of rotatable bonds is 8. The molecule has 0 saturated heterocycles. The number of aliphatic hydroxyl groups excluding tert-OH is 1. The third-order valence-corrected chi connectivity index (χ3v) is 8.27. The van der Waals surface area contributed by atoms with Gasteiger partial charge in [0.05, 0.1) is 5.76 Å². The van der Waals surface area contributed by atoms with Crippen LogP contribution in [0.5, 0.6) is 23.0 Å². The zero-order valence-electron chi connectivity index (χ0n) is 25.1. The van der Waals surface area contributed by atoms with Crippen molar-refractivity contribution in [3.8, 4) is 34.3 Å². The SMILES string of the molecule is CCC(CC)C(=O)/C=C(\O)C(CC)CC.[Ir].[c-]1cc2c3c(c1-c1ccccn1)Oc1ccccc1B3c1ccccc1O2. The van der Waals surface area contributed by atoms with Crippen molar-refractivity contribution in [1.82, 2.24) is 4.98 Å². The molecular formula is C36H37BIrNO4-. The van der Waals surface area contributed by atoms with Crippen LogP contribution in [0.25, 0.3) is 11.3 Å². The largest absolute Gasteiger partial charge is 0.512 e. The van der Waals surface area contributed by atoms with E-state index in [0.29, 0.717) is 0 Å². The zero-order valence-corrected chi connectivity index (χ0v) is 27.5. The van der Waals surface area contributed by atoms with Gasteiger partial charge in [-0.2, -0.15) is 0 Å². The quantitative estimate of drug-likeness (QED) is 0.0776. The number of aliphatic hydroxyl groups is 1. The predicted octanol–water partition coefficient (Wildman–Crippen LogP) is 7.14. The molecular weight excluding hydrogens is 713 g/mol. The number of allylic oxidation sites excluding steroid dienone is 2. The van der Waals surface area contributed by atoms with Crippen molar-refractivity contribution in [2.45, 2.75) is 53.4 Å². The van der Waals surface area contributed by atoms with Gasteiger partial charge in [0.1, 0.15) is 11.5 Å². The van der Waals surface area contributed by atoms with Gasteiger partial charge in [-0.1, -0.05) is 87.3 Å². The van der Waals surface area contributed by atoms with Gasteiger partial charge in [0.15, 0.2) is 5.78 Å². The summed E-state index contributed by atoms with van der Waals surface area (Å²) < 4.78 is 12.6. The number of hydrogen-bond donors (Lipinski definition) is 1. The van der Waals surface area contributed by atoms with Crippen molar-refractivity contribution in [2.24, 2.45) is 11.8 Å². The number of carbonyl (C=O) groups is 1. The Bertz CT molecular complexity index is 1570. The molecule has 0 fully saturated rings. The fraction of sp³-hybridized carbons (Fsp3) is 0.278. The molecule has 2 aliphatic rings. The van der Waals surface area contributed by atoms with Gasteiger partial charge < -0.3 is 19.6 Å². The molecule has 1 aromatic heterocycles. The molecule has 5 nitrogen and oxygen atoms in total. The molecule has 7 heteroatoms. The Morgan fingerprint density at radius 3 is 2.00 bits per heavy atom. The Kier molecular flexibility index (Phi) is 11.0. The number of nitrogens with zero attached hydrogens (tertiary/aromatic N) is 1. The van der Waals surface area contributed by atoms with Crippen LogP contribution < -0.4 is 25.9 Å². The summed E-state index contributed by atoms with van der Waals surface area (Å²) >= 11 is 0. The molecule has 43 heavy (non-hydrogen) atoms. The van der Waals surface area contributed by atoms with Gasteiger partial charge in [0, 0.05) is 55.7 Å². The molecule has 2 aliphatic heterocycles. The van der Waals surface area contributed by atoms with E-state index in [9.17, 15) is 9.90 Å². The van der Waals surface area contributed by atoms with Crippen LogP contribution in [0.2, 0.25) is 0 Å². The Hall–Kier alpha value is -3.67. The monoisotopic (exact) mass is 751 g/mol. The van der Waals surface area contributed by atoms with Crippen LogP contribution in [0.4, 0.5) is 0 Å².